The van der Waals surface area contributed by atoms with Crippen LogP contribution in [-0.4, -0.2) is 26.7 Å². The normalized spacial score (nSPS) is 17.6. The van der Waals surface area contributed by atoms with Gasteiger partial charge in [0.05, 0.1) is 12.6 Å². The number of aryl methyl sites for hydroxylation is 1. The molecule has 1 aromatic carbocycles. The van der Waals surface area contributed by atoms with Gasteiger partial charge in [0, 0.05) is 13.6 Å². The van der Waals surface area contributed by atoms with Gasteiger partial charge >= 0.3 is 0 Å². The van der Waals surface area contributed by atoms with Crippen LogP contribution in [0.25, 0.3) is 0 Å². The van der Waals surface area contributed by atoms with Gasteiger partial charge in [-0.05, 0) is 17.5 Å². The summed E-state index contributed by atoms with van der Waals surface area (Å²) in [4.78, 5) is 12.2. The van der Waals surface area contributed by atoms with Gasteiger partial charge in [0.25, 0.3) is 0 Å². The van der Waals surface area contributed by atoms with Gasteiger partial charge in [-0.1, -0.05) is 24.3 Å². The van der Waals surface area contributed by atoms with E-state index >= 15 is 0 Å². The number of benzene rings is 1. The van der Waals surface area contributed by atoms with Crippen molar-refractivity contribution >= 4 is 5.91 Å². The lowest BCUT2D eigenvalue weighted by Gasteiger charge is -2.25. The molecule has 6 nitrogen and oxygen atoms in total. The van der Waals surface area contributed by atoms with Crippen LogP contribution >= 0.6 is 0 Å². The highest BCUT2D eigenvalue weighted by molar-refractivity contribution is 5.82. The molecule has 1 atom stereocenters. The van der Waals surface area contributed by atoms with Crippen LogP contribution < -0.4 is 10.6 Å². The number of amides is 1. The Bertz CT molecular complexity index is 622. The van der Waals surface area contributed by atoms with Crippen molar-refractivity contribution < 1.29 is 4.79 Å². The van der Waals surface area contributed by atoms with E-state index in [1.807, 2.05) is 19.2 Å². The van der Waals surface area contributed by atoms with Crippen LogP contribution in [0.5, 0.6) is 0 Å². The van der Waals surface area contributed by atoms with Crippen LogP contribution in [-0.2, 0) is 31.4 Å². The van der Waals surface area contributed by atoms with Crippen LogP contribution in [0.1, 0.15) is 17.0 Å². The van der Waals surface area contributed by atoms with Crippen molar-refractivity contribution in [1.29, 1.82) is 0 Å². The zero-order valence-corrected chi connectivity index (χ0v) is 11.3. The predicted octanol–water partition coefficient (Wildman–Crippen LogP) is 0.146. The van der Waals surface area contributed by atoms with E-state index in [4.69, 9.17) is 0 Å². The molecule has 20 heavy (non-hydrogen) atoms. The van der Waals surface area contributed by atoms with Gasteiger partial charge in [0.1, 0.15) is 6.33 Å². The van der Waals surface area contributed by atoms with Crippen molar-refractivity contribution in [2.45, 2.75) is 25.6 Å². The Morgan fingerprint density at radius 3 is 3.00 bits per heavy atom. The van der Waals surface area contributed by atoms with Crippen LogP contribution in [0.2, 0.25) is 0 Å². The largest absolute Gasteiger partial charge is 0.347 e. The molecule has 0 spiro atoms. The Labute approximate surface area is 117 Å². The van der Waals surface area contributed by atoms with E-state index in [1.54, 1.807) is 10.9 Å². The molecule has 2 aromatic rings. The molecular weight excluding hydrogens is 254 g/mol. The standard InChI is InChI=1S/C14H17N5O/c1-19-9-17-18-13(19)8-16-14(20)12-6-10-4-2-3-5-11(10)7-15-12/h2-5,9,12,15H,6-8H2,1H3,(H,16,20)/t12-/m1/s1. The smallest absolute Gasteiger partial charge is 0.237 e. The Kier molecular flexibility index (Phi) is 3.47. The molecule has 0 saturated carbocycles. The van der Waals surface area contributed by atoms with Gasteiger partial charge < -0.3 is 15.2 Å². The highest BCUT2D eigenvalue weighted by Gasteiger charge is 2.23. The Balaban J connectivity index is 1.60. The van der Waals surface area contributed by atoms with Crippen LogP contribution in [0.15, 0.2) is 30.6 Å². The van der Waals surface area contributed by atoms with E-state index in [2.05, 4.69) is 33.0 Å². The van der Waals surface area contributed by atoms with E-state index in [0.29, 0.717) is 6.54 Å². The van der Waals surface area contributed by atoms with Crippen molar-refractivity contribution in [2.24, 2.45) is 7.05 Å². The van der Waals surface area contributed by atoms with E-state index in [1.165, 1.54) is 11.1 Å². The quantitative estimate of drug-likeness (QED) is 0.833. The summed E-state index contributed by atoms with van der Waals surface area (Å²) in [7, 11) is 1.86. The first kappa shape index (κ1) is 12.8. The van der Waals surface area contributed by atoms with Crippen molar-refractivity contribution in [3.63, 3.8) is 0 Å². The molecule has 0 aliphatic carbocycles. The van der Waals surface area contributed by atoms with E-state index < -0.39 is 0 Å². The van der Waals surface area contributed by atoms with Gasteiger partial charge in [-0.3, -0.25) is 4.79 Å². The average molecular weight is 271 g/mol. The van der Waals surface area contributed by atoms with Gasteiger partial charge in [-0.25, -0.2) is 0 Å². The molecule has 0 radical (unpaired) electrons. The minimum atomic E-state index is -0.182. The van der Waals surface area contributed by atoms with Crippen molar-refractivity contribution in [3.8, 4) is 0 Å². The zero-order valence-electron chi connectivity index (χ0n) is 11.3. The number of nitrogens with zero attached hydrogens (tertiary/aromatic N) is 3. The summed E-state index contributed by atoms with van der Waals surface area (Å²) >= 11 is 0. The summed E-state index contributed by atoms with van der Waals surface area (Å²) in [5.41, 5.74) is 2.51. The highest BCUT2D eigenvalue weighted by Crippen LogP contribution is 2.16. The molecule has 6 heteroatoms. The third kappa shape index (κ3) is 2.55. The number of rotatable bonds is 3. The van der Waals surface area contributed by atoms with Crippen LogP contribution in [0.3, 0.4) is 0 Å². The second-order valence-corrected chi connectivity index (χ2v) is 4.98. The average Bonchev–Trinajstić information content (AvgIpc) is 2.89. The summed E-state index contributed by atoms with van der Waals surface area (Å²) in [6.07, 6.45) is 2.34. The number of hydrogen-bond acceptors (Lipinski definition) is 4. The number of fused-ring (bicyclic) bond motifs is 1. The molecule has 1 aliphatic rings. The maximum absolute atomic E-state index is 12.2. The topological polar surface area (TPSA) is 71.8 Å². The lowest BCUT2D eigenvalue weighted by Crippen LogP contribution is -2.47. The summed E-state index contributed by atoms with van der Waals surface area (Å²) in [6, 6.07) is 8.03. The van der Waals surface area contributed by atoms with Gasteiger partial charge in [-0.15, -0.1) is 10.2 Å². The summed E-state index contributed by atoms with van der Waals surface area (Å²) in [6.45, 7) is 1.13. The minimum Gasteiger partial charge on any atom is -0.347 e. The first-order valence-electron chi connectivity index (χ1n) is 6.65. The molecule has 1 aromatic heterocycles. The Morgan fingerprint density at radius 1 is 1.45 bits per heavy atom. The molecule has 1 amide bonds. The maximum Gasteiger partial charge on any atom is 0.237 e. The van der Waals surface area contributed by atoms with Gasteiger partial charge in [0.15, 0.2) is 5.82 Å². The number of aromatic nitrogens is 3. The lowest BCUT2D eigenvalue weighted by atomic mass is 9.95. The molecule has 1 aliphatic heterocycles. The molecule has 0 saturated heterocycles. The predicted molar refractivity (Wildman–Crippen MR) is 73.6 cm³/mol. The fourth-order valence-electron chi connectivity index (χ4n) is 2.40. The molecule has 0 fully saturated rings. The van der Waals surface area contributed by atoms with Gasteiger partial charge in [-0.2, -0.15) is 0 Å². The third-order valence-electron chi connectivity index (χ3n) is 3.62. The summed E-state index contributed by atoms with van der Waals surface area (Å²) in [5, 5.41) is 13.9. The second-order valence-electron chi connectivity index (χ2n) is 4.98. The molecule has 2 heterocycles. The first-order valence-corrected chi connectivity index (χ1v) is 6.65. The maximum atomic E-state index is 12.2. The minimum absolute atomic E-state index is 0.00232. The third-order valence-corrected chi connectivity index (χ3v) is 3.62. The first-order chi connectivity index (χ1) is 9.74. The fraction of sp³-hybridized carbons (Fsp3) is 0.357. The molecule has 0 unspecified atom stereocenters. The second kappa shape index (κ2) is 5.42. The Morgan fingerprint density at radius 2 is 2.25 bits per heavy atom. The highest BCUT2D eigenvalue weighted by atomic mass is 16.2. The summed E-state index contributed by atoms with van der Waals surface area (Å²) in [5.74, 6) is 0.747. The molecule has 2 N–H and O–H groups in total. The monoisotopic (exact) mass is 271 g/mol. The number of hydrogen-bond donors (Lipinski definition) is 2. The van der Waals surface area contributed by atoms with E-state index in [9.17, 15) is 4.79 Å². The zero-order chi connectivity index (χ0) is 13.9. The van der Waals surface area contributed by atoms with Gasteiger partial charge in [0.2, 0.25) is 5.91 Å². The van der Waals surface area contributed by atoms with E-state index in [0.717, 1.165) is 18.8 Å². The lowest BCUT2D eigenvalue weighted by molar-refractivity contribution is -0.123. The van der Waals surface area contributed by atoms with Crippen molar-refractivity contribution in [3.05, 3.63) is 47.5 Å². The molecule has 104 valence electrons. The van der Waals surface area contributed by atoms with Crippen LogP contribution in [0.4, 0.5) is 0 Å². The Hall–Kier alpha value is -2.21. The number of carbonyl (C=O) groups excluding carboxylic acids is 1. The van der Waals surface area contributed by atoms with Crippen molar-refractivity contribution in [1.82, 2.24) is 25.4 Å². The number of carbonyl (C=O) groups is 1. The SMILES string of the molecule is Cn1cnnc1CNC(=O)[C@H]1Cc2ccccc2CN1. The van der Waals surface area contributed by atoms with Crippen LogP contribution in [0, 0.1) is 0 Å². The molecular formula is C14H17N5O. The molecule has 3 rings (SSSR count). The number of nitrogens with one attached hydrogen (secondary N) is 2. The fourth-order valence-corrected chi connectivity index (χ4v) is 2.40. The molecule has 0 bridgehead atoms. The van der Waals surface area contributed by atoms with Crippen molar-refractivity contribution in [2.75, 3.05) is 0 Å². The summed E-state index contributed by atoms with van der Waals surface area (Å²) < 4.78 is 1.80. The van der Waals surface area contributed by atoms with E-state index in [-0.39, 0.29) is 11.9 Å².